The van der Waals surface area contributed by atoms with Gasteiger partial charge in [-0.2, -0.15) is 0 Å². The Morgan fingerprint density at radius 3 is 1.55 bits per heavy atom. The molecule has 0 aromatic heterocycles. The first-order chi connectivity index (χ1) is 26.8. The third-order valence-electron chi connectivity index (χ3n) is 14.0. The maximum absolute atomic E-state index is 2.58. The lowest BCUT2D eigenvalue weighted by Crippen LogP contribution is -2.28. The fourth-order valence-corrected chi connectivity index (χ4v) is 11.6. The Morgan fingerprint density at radius 2 is 0.873 bits per heavy atom. The highest BCUT2D eigenvalue weighted by Crippen LogP contribution is 2.59. The van der Waals surface area contributed by atoms with Gasteiger partial charge in [0.05, 0.1) is 5.69 Å². The first kappa shape index (κ1) is 32.7. The lowest BCUT2D eigenvalue weighted by atomic mass is 9.68. The molecular weight excluding hydrogens is 663 g/mol. The van der Waals surface area contributed by atoms with E-state index in [1.54, 1.807) is 0 Å². The van der Waals surface area contributed by atoms with Gasteiger partial charge in [-0.25, -0.2) is 0 Å². The largest absolute Gasteiger partial charge is 0.310 e. The van der Waals surface area contributed by atoms with Crippen LogP contribution >= 0.6 is 0 Å². The summed E-state index contributed by atoms with van der Waals surface area (Å²) < 4.78 is 0. The molecule has 1 nitrogen and oxygen atoms in total. The quantitative estimate of drug-likeness (QED) is 0.176. The average molecular weight is 710 g/mol. The fraction of sp³-hybridized carbons (Fsp3) is 0.222. The molecule has 0 atom stereocenters. The van der Waals surface area contributed by atoms with Gasteiger partial charge >= 0.3 is 0 Å². The smallest absolute Gasteiger partial charge is 0.0508 e. The first-order valence-corrected chi connectivity index (χ1v) is 20.4. The van der Waals surface area contributed by atoms with Gasteiger partial charge in [-0.15, -0.1) is 0 Å². The standard InChI is InChI=1S/C54H47N/c1-52(2)45-22-9-6-17-40(45)43-20-14-19-38(50(43)52)35-26-28-36(29-27-35)55(49-25-15-21-44-41-18-7-10-23-46(41)53(3,4)51(44)49)37-30-31-42-39-16-8-11-24-47(39)54(48(42)34-37)32-12-5-13-33-54/h6-11,14-31,34H,5,12-13,32-33H2,1-4H3. The van der Waals surface area contributed by atoms with Gasteiger partial charge in [0.15, 0.2) is 0 Å². The molecule has 0 saturated heterocycles. The summed E-state index contributed by atoms with van der Waals surface area (Å²) in [5.41, 5.74) is 23.1. The van der Waals surface area contributed by atoms with Crippen molar-refractivity contribution in [3.63, 3.8) is 0 Å². The maximum Gasteiger partial charge on any atom is 0.0508 e. The Morgan fingerprint density at radius 1 is 0.382 bits per heavy atom. The van der Waals surface area contributed by atoms with Crippen LogP contribution in [0.5, 0.6) is 0 Å². The van der Waals surface area contributed by atoms with E-state index in [2.05, 4.69) is 184 Å². The molecule has 1 fully saturated rings. The van der Waals surface area contributed by atoms with E-state index in [1.807, 2.05) is 0 Å². The Bertz CT molecular complexity index is 2680. The minimum absolute atomic E-state index is 0.0739. The van der Waals surface area contributed by atoms with Gasteiger partial charge in [0.2, 0.25) is 0 Å². The molecule has 55 heavy (non-hydrogen) atoms. The van der Waals surface area contributed by atoms with E-state index in [9.17, 15) is 0 Å². The zero-order valence-electron chi connectivity index (χ0n) is 32.4. The fourth-order valence-electron chi connectivity index (χ4n) is 11.6. The summed E-state index contributed by atoms with van der Waals surface area (Å²) in [6.45, 7) is 9.60. The molecule has 268 valence electrons. The topological polar surface area (TPSA) is 3.24 Å². The molecular formula is C54H47N. The third kappa shape index (κ3) is 4.47. The predicted octanol–water partition coefficient (Wildman–Crippen LogP) is 14.7. The van der Waals surface area contributed by atoms with Gasteiger partial charge in [0.1, 0.15) is 0 Å². The van der Waals surface area contributed by atoms with E-state index in [4.69, 9.17) is 0 Å². The van der Waals surface area contributed by atoms with Crippen LogP contribution in [-0.4, -0.2) is 0 Å². The van der Waals surface area contributed by atoms with Crippen molar-refractivity contribution in [2.75, 3.05) is 4.90 Å². The van der Waals surface area contributed by atoms with Crippen molar-refractivity contribution in [3.8, 4) is 44.5 Å². The van der Waals surface area contributed by atoms with Crippen molar-refractivity contribution in [3.05, 3.63) is 185 Å². The molecule has 0 aliphatic heterocycles. The van der Waals surface area contributed by atoms with Gasteiger partial charge < -0.3 is 4.90 Å². The maximum atomic E-state index is 2.58. The molecule has 0 N–H and O–H groups in total. The van der Waals surface area contributed by atoms with Gasteiger partial charge in [0, 0.05) is 27.6 Å². The lowest BCUT2D eigenvalue weighted by molar-refractivity contribution is 0.353. The average Bonchev–Trinajstić information content (AvgIpc) is 3.73. The molecule has 0 radical (unpaired) electrons. The Balaban J connectivity index is 1.10. The molecule has 7 aromatic carbocycles. The van der Waals surface area contributed by atoms with Crippen molar-refractivity contribution < 1.29 is 0 Å². The van der Waals surface area contributed by atoms with E-state index >= 15 is 0 Å². The summed E-state index contributed by atoms with van der Waals surface area (Å²) in [6.07, 6.45) is 6.34. The summed E-state index contributed by atoms with van der Waals surface area (Å²) in [7, 11) is 0. The number of fused-ring (bicyclic) bond motifs is 11. The van der Waals surface area contributed by atoms with Crippen LogP contribution in [0.15, 0.2) is 152 Å². The van der Waals surface area contributed by atoms with Crippen LogP contribution in [0.3, 0.4) is 0 Å². The minimum atomic E-state index is -0.149. The summed E-state index contributed by atoms with van der Waals surface area (Å²) in [5.74, 6) is 0. The van der Waals surface area contributed by atoms with Gasteiger partial charge in [0.25, 0.3) is 0 Å². The zero-order valence-corrected chi connectivity index (χ0v) is 32.4. The highest BCUT2D eigenvalue weighted by atomic mass is 15.1. The van der Waals surface area contributed by atoms with Crippen molar-refractivity contribution in [2.24, 2.45) is 0 Å². The van der Waals surface area contributed by atoms with Crippen LogP contribution in [0.4, 0.5) is 17.1 Å². The summed E-state index contributed by atoms with van der Waals surface area (Å²) in [4.78, 5) is 2.57. The highest BCUT2D eigenvalue weighted by Gasteiger charge is 2.45. The zero-order chi connectivity index (χ0) is 37.1. The van der Waals surface area contributed by atoms with Crippen LogP contribution in [0, 0.1) is 0 Å². The molecule has 0 amide bonds. The first-order valence-electron chi connectivity index (χ1n) is 20.4. The minimum Gasteiger partial charge on any atom is -0.310 e. The van der Waals surface area contributed by atoms with Crippen LogP contribution < -0.4 is 4.90 Å². The number of anilines is 3. The Hall–Kier alpha value is -5.66. The number of hydrogen-bond donors (Lipinski definition) is 0. The SMILES string of the molecule is CC1(C)c2ccccc2-c2cccc(-c3ccc(N(c4ccc5c(c4)C4(CCCCC4)c4ccccc4-5)c4cccc5c4C(C)(C)c4ccccc4-5)cc3)c21. The summed E-state index contributed by atoms with van der Waals surface area (Å²) in [6, 6.07) is 58.0. The van der Waals surface area contributed by atoms with Crippen molar-refractivity contribution >= 4 is 17.1 Å². The molecule has 1 heteroatoms. The lowest BCUT2D eigenvalue weighted by Gasteiger charge is -2.37. The van der Waals surface area contributed by atoms with E-state index in [0.29, 0.717) is 0 Å². The van der Waals surface area contributed by atoms with Crippen LogP contribution in [0.2, 0.25) is 0 Å². The Labute approximate surface area is 326 Å². The molecule has 11 rings (SSSR count). The second-order valence-corrected chi connectivity index (χ2v) is 17.6. The number of rotatable bonds is 4. The van der Waals surface area contributed by atoms with Crippen LogP contribution in [0.1, 0.15) is 93.2 Å². The highest BCUT2D eigenvalue weighted by molar-refractivity contribution is 5.93. The molecule has 7 aromatic rings. The molecule has 0 unspecified atom stereocenters. The van der Waals surface area contributed by atoms with Gasteiger partial charge in [-0.05, 0) is 121 Å². The van der Waals surface area contributed by atoms with Crippen LogP contribution in [-0.2, 0) is 16.2 Å². The van der Waals surface area contributed by atoms with Crippen molar-refractivity contribution in [2.45, 2.75) is 76.0 Å². The number of benzene rings is 7. The van der Waals surface area contributed by atoms with Gasteiger partial charge in [-0.1, -0.05) is 168 Å². The molecule has 0 heterocycles. The monoisotopic (exact) mass is 709 g/mol. The van der Waals surface area contributed by atoms with E-state index in [0.717, 1.165) is 0 Å². The van der Waals surface area contributed by atoms with Gasteiger partial charge in [-0.3, -0.25) is 0 Å². The van der Waals surface area contributed by atoms with E-state index < -0.39 is 0 Å². The summed E-state index contributed by atoms with van der Waals surface area (Å²) in [5, 5.41) is 0. The van der Waals surface area contributed by atoms with Crippen molar-refractivity contribution in [1.29, 1.82) is 0 Å². The Kier molecular flexibility index (Phi) is 6.95. The van der Waals surface area contributed by atoms with Crippen LogP contribution in [0.25, 0.3) is 44.5 Å². The molecule has 4 aliphatic rings. The third-order valence-corrected chi connectivity index (χ3v) is 14.0. The normalized spacial score (nSPS) is 17.2. The molecule has 1 spiro atoms. The molecule has 1 saturated carbocycles. The van der Waals surface area contributed by atoms with E-state index in [-0.39, 0.29) is 16.2 Å². The number of nitrogens with zero attached hydrogens (tertiary/aromatic N) is 1. The molecule has 0 bridgehead atoms. The second-order valence-electron chi connectivity index (χ2n) is 17.6. The molecule has 4 aliphatic carbocycles. The second kappa shape index (κ2) is 11.7. The summed E-state index contributed by atoms with van der Waals surface area (Å²) >= 11 is 0. The number of hydrogen-bond acceptors (Lipinski definition) is 1. The predicted molar refractivity (Wildman–Crippen MR) is 231 cm³/mol. The van der Waals surface area contributed by atoms with Crippen molar-refractivity contribution in [1.82, 2.24) is 0 Å². The van der Waals surface area contributed by atoms with E-state index in [1.165, 1.54) is 127 Å².